The van der Waals surface area contributed by atoms with Crippen LogP contribution in [0.2, 0.25) is 0 Å². The maximum absolute atomic E-state index is 13.1. The van der Waals surface area contributed by atoms with E-state index in [1.807, 2.05) is 0 Å². The highest BCUT2D eigenvalue weighted by molar-refractivity contribution is 7.47. The molecule has 0 aromatic heterocycles. The molecule has 17 nitrogen and oxygen atoms in total. The quantitative estimate of drug-likeness (QED) is 0.0222. The normalized spacial score (nSPS) is 14.4. The lowest BCUT2D eigenvalue weighted by Crippen LogP contribution is -2.30. The van der Waals surface area contributed by atoms with E-state index in [2.05, 4.69) is 48.5 Å². The minimum atomic E-state index is -4.96. The van der Waals surface area contributed by atoms with E-state index in [4.69, 9.17) is 37.0 Å². The molecule has 0 saturated heterocycles. The number of phosphoric acid groups is 2. The summed E-state index contributed by atoms with van der Waals surface area (Å²) in [5.74, 6) is 0.129. The molecule has 3 N–H and O–H groups in total. The Balaban J connectivity index is 5.25. The Hall–Kier alpha value is -1.94. The molecule has 0 rings (SSSR count). The molecule has 0 aromatic rings. The Morgan fingerprint density at radius 2 is 0.543 bits per heavy atom. The van der Waals surface area contributed by atoms with Gasteiger partial charge in [-0.1, -0.05) is 331 Å². The molecule has 0 fully saturated rings. The lowest BCUT2D eigenvalue weighted by molar-refractivity contribution is -0.161. The molecule has 19 heteroatoms. The molecule has 0 heterocycles. The first-order chi connectivity index (χ1) is 45.3. The summed E-state index contributed by atoms with van der Waals surface area (Å²) >= 11 is 0. The van der Waals surface area contributed by atoms with E-state index in [0.717, 1.165) is 114 Å². The monoisotopic (exact) mass is 1380 g/mol. The zero-order valence-electron chi connectivity index (χ0n) is 61.4. The molecule has 0 saturated carbocycles. The Morgan fingerprint density at radius 1 is 0.309 bits per heavy atom. The topological polar surface area (TPSA) is 237 Å². The van der Waals surface area contributed by atoms with Crippen molar-refractivity contribution in [3.8, 4) is 0 Å². The molecule has 0 amide bonds. The summed E-state index contributed by atoms with van der Waals surface area (Å²) in [6, 6.07) is 0. The molecule has 94 heavy (non-hydrogen) atoms. The predicted molar refractivity (Wildman–Crippen MR) is 381 cm³/mol. The number of ether oxygens (including phenoxy) is 4. The highest BCUT2D eigenvalue weighted by atomic mass is 31.2. The second-order valence-electron chi connectivity index (χ2n) is 28.2. The number of aliphatic hydroxyl groups is 1. The first-order valence-corrected chi connectivity index (χ1v) is 41.9. The standard InChI is InChI=1S/C75H146O17P2/c1-8-10-11-12-13-14-15-16-17-18-19-20-25-30-35-44-51-58-74(79)91-70(62-85-72(77)56-49-42-34-29-24-22-21-23-27-32-39-46-53-66(3)4)64-89-93(81,82)87-60-69(76)61-88-94(83,84)90-65-71(63-86-73(78)57-50-43-38-37-41-48-55-68(7)9-2)92-75(80)59-52-45-36-31-26-28-33-40-47-54-67(5)6/h66-71,76H,8-65H2,1-7H3,(H,81,82)(H,83,84)/t68?,69-,70-,71-/m1/s1. The number of carbonyl (C=O) groups excluding carboxylic acids is 4. The van der Waals surface area contributed by atoms with Crippen LogP contribution in [0.15, 0.2) is 0 Å². The lowest BCUT2D eigenvalue weighted by atomic mass is 10.00. The predicted octanol–water partition coefficient (Wildman–Crippen LogP) is 21.8. The molecular weight excluding hydrogens is 1230 g/mol. The zero-order chi connectivity index (χ0) is 69.4. The first-order valence-electron chi connectivity index (χ1n) is 38.9. The fourth-order valence-corrected chi connectivity index (χ4v) is 13.0. The zero-order valence-corrected chi connectivity index (χ0v) is 63.2. The van der Waals surface area contributed by atoms with Crippen LogP contribution < -0.4 is 0 Å². The maximum Gasteiger partial charge on any atom is 0.472 e. The van der Waals surface area contributed by atoms with Gasteiger partial charge in [-0.15, -0.1) is 0 Å². The average molecular weight is 1380 g/mol. The Labute approximate surface area is 575 Å². The van der Waals surface area contributed by atoms with E-state index in [9.17, 15) is 43.2 Å². The van der Waals surface area contributed by atoms with Gasteiger partial charge in [0, 0.05) is 25.7 Å². The van der Waals surface area contributed by atoms with Crippen LogP contribution in [0.4, 0.5) is 0 Å². The van der Waals surface area contributed by atoms with Crippen LogP contribution in [-0.4, -0.2) is 96.7 Å². The minimum absolute atomic E-state index is 0.104. The summed E-state index contributed by atoms with van der Waals surface area (Å²) in [7, 11) is -9.91. The Kier molecular flexibility index (Phi) is 64.3. The van der Waals surface area contributed by atoms with Crippen molar-refractivity contribution in [2.24, 2.45) is 17.8 Å². The fraction of sp³-hybridized carbons (Fsp3) is 0.947. The summed E-state index contributed by atoms with van der Waals surface area (Å²) in [6.07, 6.45) is 51.4. The van der Waals surface area contributed by atoms with Gasteiger partial charge < -0.3 is 33.8 Å². The molecule has 0 spiro atoms. The summed E-state index contributed by atoms with van der Waals surface area (Å²) in [6.45, 7) is 11.8. The molecule has 0 aliphatic rings. The second-order valence-corrected chi connectivity index (χ2v) is 31.1. The van der Waals surface area contributed by atoms with Crippen LogP contribution in [0, 0.1) is 17.8 Å². The van der Waals surface area contributed by atoms with Gasteiger partial charge in [-0.3, -0.25) is 37.3 Å². The molecule has 0 aliphatic carbocycles. The second kappa shape index (κ2) is 65.7. The highest BCUT2D eigenvalue weighted by Gasteiger charge is 2.30. The van der Waals surface area contributed by atoms with E-state index in [-0.39, 0.29) is 25.7 Å². The van der Waals surface area contributed by atoms with Crippen LogP contribution in [-0.2, 0) is 65.4 Å². The van der Waals surface area contributed by atoms with Crippen molar-refractivity contribution in [2.45, 2.75) is 401 Å². The molecule has 3 unspecified atom stereocenters. The minimum Gasteiger partial charge on any atom is -0.462 e. The van der Waals surface area contributed by atoms with Gasteiger partial charge in [-0.05, 0) is 43.4 Å². The number of esters is 4. The molecule has 0 radical (unpaired) electrons. The Bertz CT molecular complexity index is 1840. The van der Waals surface area contributed by atoms with Gasteiger partial charge in [0.2, 0.25) is 0 Å². The van der Waals surface area contributed by atoms with E-state index in [0.29, 0.717) is 25.7 Å². The van der Waals surface area contributed by atoms with Crippen molar-refractivity contribution in [1.82, 2.24) is 0 Å². The van der Waals surface area contributed by atoms with E-state index in [1.165, 1.54) is 186 Å². The van der Waals surface area contributed by atoms with Gasteiger partial charge in [0.1, 0.15) is 19.3 Å². The average Bonchev–Trinajstić information content (AvgIpc) is 1.49. The summed E-state index contributed by atoms with van der Waals surface area (Å²) in [4.78, 5) is 72.8. The van der Waals surface area contributed by atoms with Crippen molar-refractivity contribution in [3.05, 3.63) is 0 Å². The summed E-state index contributed by atoms with van der Waals surface area (Å²) in [5, 5.41) is 10.6. The number of aliphatic hydroxyl groups excluding tert-OH is 1. The van der Waals surface area contributed by atoms with Crippen LogP contribution in [0.1, 0.15) is 382 Å². The van der Waals surface area contributed by atoms with E-state index in [1.54, 1.807) is 0 Å². The lowest BCUT2D eigenvalue weighted by Gasteiger charge is -2.21. The van der Waals surface area contributed by atoms with Gasteiger partial charge in [0.05, 0.1) is 26.4 Å². The van der Waals surface area contributed by atoms with Crippen LogP contribution in [0.3, 0.4) is 0 Å². The summed E-state index contributed by atoms with van der Waals surface area (Å²) < 4.78 is 68.5. The largest absolute Gasteiger partial charge is 0.472 e. The van der Waals surface area contributed by atoms with Crippen LogP contribution in [0.5, 0.6) is 0 Å². The van der Waals surface area contributed by atoms with Crippen molar-refractivity contribution in [3.63, 3.8) is 0 Å². The van der Waals surface area contributed by atoms with Gasteiger partial charge in [-0.2, -0.15) is 0 Å². The SMILES string of the molecule is CCCCCCCCCCCCCCCCCCCC(=O)O[C@H](COC(=O)CCCCCCCCCCCCCCC(C)C)COP(=O)(O)OC[C@@H](O)COP(=O)(O)OC[C@@H](COC(=O)CCCCCCCCC(C)CC)OC(=O)CCCCCCCCCCCC(C)C. The molecule has 0 aromatic carbocycles. The van der Waals surface area contributed by atoms with Gasteiger partial charge >= 0.3 is 39.5 Å². The Morgan fingerprint density at radius 3 is 0.809 bits per heavy atom. The highest BCUT2D eigenvalue weighted by Crippen LogP contribution is 2.45. The summed E-state index contributed by atoms with van der Waals surface area (Å²) in [5.41, 5.74) is 0. The van der Waals surface area contributed by atoms with Crippen molar-refractivity contribution >= 4 is 39.5 Å². The third-order valence-corrected chi connectivity index (χ3v) is 19.6. The molecule has 558 valence electrons. The molecule has 6 atom stereocenters. The molecule has 0 bridgehead atoms. The van der Waals surface area contributed by atoms with Crippen molar-refractivity contribution in [1.29, 1.82) is 0 Å². The number of phosphoric ester groups is 2. The van der Waals surface area contributed by atoms with Crippen LogP contribution >= 0.6 is 15.6 Å². The van der Waals surface area contributed by atoms with Crippen LogP contribution in [0.25, 0.3) is 0 Å². The number of unbranched alkanes of at least 4 members (excludes halogenated alkanes) is 40. The van der Waals surface area contributed by atoms with Gasteiger partial charge in [0.15, 0.2) is 12.2 Å². The smallest absolute Gasteiger partial charge is 0.462 e. The number of hydrogen-bond acceptors (Lipinski definition) is 15. The van der Waals surface area contributed by atoms with E-state index < -0.39 is 97.5 Å². The number of rotatable bonds is 73. The maximum atomic E-state index is 13.1. The van der Waals surface area contributed by atoms with E-state index >= 15 is 0 Å². The van der Waals surface area contributed by atoms with Gasteiger partial charge in [0.25, 0.3) is 0 Å². The molecular formula is C75H146O17P2. The first kappa shape index (κ1) is 92.1. The third-order valence-electron chi connectivity index (χ3n) is 17.7. The van der Waals surface area contributed by atoms with Crippen molar-refractivity contribution in [2.75, 3.05) is 39.6 Å². The molecule has 0 aliphatic heterocycles. The number of carbonyl (C=O) groups is 4. The number of hydrogen-bond donors (Lipinski definition) is 3. The van der Waals surface area contributed by atoms with Crippen molar-refractivity contribution < 1.29 is 80.2 Å². The van der Waals surface area contributed by atoms with Gasteiger partial charge in [-0.25, -0.2) is 9.13 Å². The third kappa shape index (κ3) is 67.3. The fourth-order valence-electron chi connectivity index (χ4n) is 11.4.